The molecule has 1 fully saturated rings. The van der Waals surface area contributed by atoms with E-state index in [4.69, 9.17) is 4.74 Å². The molecule has 1 aliphatic carbocycles. The third-order valence-corrected chi connectivity index (χ3v) is 7.27. The maximum atomic E-state index is 12.9. The maximum Gasteiger partial charge on any atom is 0.263 e. The topological polar surface area (TPSA) is 81.2 Å². The van der Waals surface area contributed by atoms with Crippen molar-refractivity contribution in [1.82, 2.24) is 9.97 Å². The van der Waals surface area contributed by atoms with Crippen LogP contribution >= 0.6 is 15.9 Å². The van der Waals surface area contributed by atoms with Gasteiger partial charge in [-0.2, -0.15) is 0 Å². The van der Waals surface area contributed by atoms with Crippen molar-refractivity contribution in [2.24, 2.45) is 5.92 Å². The fourth-order valence-electron chi connectivity index (χ4n) is 3.75. The molecule has 8 heteroatoms. The lowest BCUT2D eigenvalue weighted by molar-refractivity contribution is 0.241. The number of aromatic nitrogens is 2. The molecule has 0 atom stereocenters. The zero-order valence-corrected chi connectivity index (χ0v) is 19.0. The molecule has 0 aliphatic heterocycles. The van der Waals surface area contributed by atoms with E-state index in [1.807, 2.05) is 18.2 Å². The second-order valence-electron chi connectivity index (χ2n) is 7.57. The van der Waals surface area contributed by atoms with Crippen molar-refractivity contribution in [3.8, 4) is 5.88 Å². The predicted octanol–water partition coefficient (Wildman–Crippen LogP) is 5.54. The first kappa shape index (κ1) is 21.1. The quantitative estimate of drug-likeness (QED) is 0.470. The van der Waals surface area contributed by atoms with Crippen LogP contribution in [0.1, 0.15) is 38.5 Å². The first-order valence-electron chi connectivity index (χ1n) is 10.2. The highest BCUT2D eigenvalue weighted by Gasteiger charge is 2.20. The van der Waals surface area contributed by atoms with E-state index in [0.29, 0.717) is 23.6 Å². The Bertz CT molecular complexity index is 1110. The molecule has 1 heterocycles. The van der Waals surface area contributed by atoms with Crippen LogP contribution in [0.3, 0.4) is 0 Å². The number of nitrogens with zero attached hydrogens (tertiary/aromatic N) is 2. The molecule has 30 heavy (non-hydrogen) atoms. The molecule has 6 nitrogen and oxygen atoms in total. The number of hydrogen-bond donors (Lipinski definition) is 1. The Morgan fingerprint density at radius 3 is 2.33 bits per heavy atom. The van der Waals surface area contributed by atoms with Crippen molar-refractivity contribution in [2.75, 3.05) is 11.3 Å². The van der Waals surface area contributed by atoms with Gasteiger partial charge in [0.2, 0.25) is 5.82 Å². The van der Waals surface area contributed by atoms with Crippen LogP contribution < -0.4 is 9.46 Å². The molecule has 0 unspecified atom stereocenters. The first-order valence-corrected chi connectivity index (χ1v) is 12.5. The molecular formula is C22H24BrN3O3S. The third-order valence-electron chi connectivity index (χ3n) is 5.38. The number of halogens is 1. The van der Waals surface area contributed by atoms with Crippen molar-refractivity contribution < 1.29 is 13.2 Å². The number of hydrogen-bond acceptors (Lipinski definition) is 5. The third kappa shape index (κ3) is 5.10. The Hall–Kier alpha value is -2.19. The minimum Gasteiger partial charge on any atom is -0.475 e. The number of ether oxygens (including phenoxy) is 1. The summed E-state index contributed by atoms with van der Waals surface area (Å²) in [6.07, 6.45) is 7.27. The Labute approximate surface area is 185 Å². The lowest BCUT2D eigenvalue weighted by Crippen LogP contribution is -2.17. The van der Waals surface area contributed by atoms with E-state index < -0.39 is 10.0 Å². The molecule has 4 rings (SSSR count). The van der Waals surface area contributed by atoms with Gasteiger partial charge in [0, 0.05) is 4.47 Å². The van der Waals surface area contributed by atoms with E-state index in [1.165, 1.54) is 44.2 Å². The van der Waals surface area contributed by atoms with Crippen molar-refractivity contribution >= 4 is 42.8 Å². The summed E-state index contributed by atoms with van der Waals surface area (Å²) in [5.41, 5.74) is 1.27. The monoisotopic (exact) mass is 489 g/mol. The highest BCUT2D eigenvalue weighted by molar-refractivity contribution is 9.10. The second-order valence-corrected chi connectivity index (χ2v) is 10.2. The van der Waals surface area contributed by atoms with Crippen molar-refractivity contribution in [3.05, 3.63) is 53.0 Å². The minimum absolute atomic E-state index is 0.111. The Morgan fingerprint density at radius 2 is 1.63 bits per heavy atom. The number of rotatable bonds is 7. The van der Waals surface area contributed by atoms with Crippen LogP contribution in [-0.4, -0.2) is 25.0 Å². The molecule has 0 saturated heterocycles. The van der Waals surface area contributed by atoms with Gasteiger partial charge < -0.3 is 4.74 Å². The smallest absolute Gasteiger partial charge is 0.263 e. The molecule has 1 saturated carbocycles. The van der Waals surface area contributed by atoms with Gasteiger partial charge in [-0.1, -0.05) is 60.2 Å². The first-order chi connectivity index (χ1) is 14.5. The van der Waals surface area contributed by atoms with Crippen LogP contribution in [-0.2, 0) is 10.0 Å². The van der Waals surface area contributed by atoms with Gasteiger partial charge in [-0.3, -0.25) is 4.72 Å². The highest BCUT2D eigenvalue weighted by atomic mass is 79.9. The zero-order chi connectivity index (χ0) is 21.0. The van der Waals surface area contributed by atoms with Crippen LogP contribution in [0.5, 0.6) is 5.88 Å². The van der Waals surface area contributed by atoms with E-state index in [9.17, 15) is 8.42 Å². The van der Waals surface area contributed by atoms with Crippen molar-refractivity contribution in [3.63, 3.8) is 0 Å². The van der Waals surface area contributed by atoms with Gasteiger partial charge in [0.25, 0.3) is 15.9 Å². The molecule has 3 aromatic rings. The summed E-state index contributed by atoms with van der Waals surface area (Å²) in [5.74, 6) is 0.987. The standard InChI is InChI=1S/C22H24BrN3O3S/c23-17-10-12-18(13-11-17)30(27,28)26-21-22(25-20-9-5-4-8-19(20)24-21)29-15-14-16-6-2-1-3-7-16/h4-5,8-13,16H,1-3,6-7,14-15H2,(H,24,26). The molecule has 0 bridgehead atoms. The number of benzene rings is 2. The summed E-state index contributed by atoms with van der Waals surface area (Å²) in [4.78, 5) is 9.16. The number of sulfonamides is 1. The van der Waals surface area contributed by atoms with E-state index in [-0.39, 0.29) is 16.6 Å². The van der Waals surface area contributed by atoms with E-state index in [0.717, 1.165) is 10.9 Å². The lowest BCUT2D eigenvalue weighted by atomic mass is 9.87. The zero-order valence-electron chi connectivity index (χ0n) is 16.6. The largest absolute Gasteiger partial charge is 0.475 e. The number of para-hydroxylation sites is 2. The second kappa shape index (κ2) is 9.31. The number of fused-ring (bicyclic) bond motifs is 1. The number of nitrogens with one attached hydrogen (secondary N) is 1. The summed E-state index contributed by atoms with van der Waals surface area (Å²) in [6, 6.07) is 13.8. The Balaban J connectivity index is 1.58. The van der Waals surface area contributed by atoms with Gasteiger partial charge in [0.1, 0.15) is 0 Å². The summed E-state index contributed by atoms with van der Waals surface area (Å²) < 4.78 is 35.1. The summed E-state index contributed by atoms with van der Waals surface area (Å²) in [7, 11) is -3.82. The van der Waals surface area contributed by atoms with Gasteiger partial charge in [0.15, 0.2) is 0 Å². The molecule has 0 radical (unpaired) electrons. The average Bonchev–Trinajstić information content (AvgIpc) is 2.75. The molecule has 1 aliphatic rings. The van der Waals surface area contributed by atoms with Crippen molar-refractivity contribution in [1.29, 1.82) is 0 Å². The Morgan fingerprint density at radius 1 is 0.967 bits per heavy atom. The van der Waals surface area contributed by atoms with Gasteiger partial charge in [-0.15, -0.1) is 0 Å². The summed E-state index contributed by atoms with van der Waals surface area (Å²) >= 11 is 3.32. The molecule has 2 aromatic carbocycles. The fourth-order valence-corrected chi connectivity index (χ4v) is 5.01. The molecule has 158 valence electrons. The van der Waals surface area contributed by atoms with Crippen LogP contribution in [0.2, 0.25) is 0 Å². The summed E-state index contributed by atoms with van der Waals surface area (Å²) in [5, 5.41) is 0. The highest BCUT2D eigenvalue weighted by Crippen LogP contribution is 2.29. The molecule has 0 amide bonds. The van der Waals surface area contributed by atoms with Crippen molar-refractivity contribution in [2.45, 2.75) is 43.4 Å². The van der Waals surface area contributed by atoms with Crippen LogP contribution in [0.25, 0.3) is 11.0 Å². The SMILES string of the molecule is O=S(=O)(Nc1nc2ccccc2nc1OCCC1CCCCC1)c1ccc(Br)cc1. The molecule has 1 N–H and O–H groups in total. The fraction of sp³-hybridized carbons (Fsp3) is 0.364. The van der Waals surface area contributed by atoms with Gasteiger partial charge in [0.05, 0.1) is 22.5 Å². The number of anilines is 1. The molecular weight excluding hydrogens is 466 g/mol. The lowest BCUT2D eigenvalue weighted by Gasteiger charge is -2.21. The van der Waals surface area contributed by atoms with Gasteiger partial charge in [-0.25, -0.2) is 18.4 Å². The van der Waals surface area contributed by atoms with E-state index in [1.54, 1.807) is 18.2 Å². The minimum atomic E-state index is -3.82. The normalized spacial score (nSPS) is 15.2. The van der Waals surface area contributed by atoms with Gasteiger partial charge >= 0.3 is 0 Å². The molecule has 1 aromatic heterocycles. The van der Waals surface area contributed by atoms with E-state index >= 15 is 0 Å². The van der Waals surface area contributed by atoms with Crippen LogP contribution in [0.4, 0.5) is 5.82 Å². The van der Waals surface area contributed by atoms with Gasteiger partial charge in [-0.05, 0) is 48.7 Å². The van der Waals surface area contributed by atoms with Crippen LogP contribution in [0.15, 0.2) is 57.9 Å². The average molecular weight is 490 g/mol. The van der Waals surface area contributed by atoms with E-state index in [2.05, 4.69) is 30.6 Å². The van der Waals surface area contributed by atoms with Crippen LogP contribution in [0, 0.1) is 5.92 Å². The predicted molar refractivity (Wildman–Crippen MR) is 121 cm³/mol. The molecule has 0 spiro atoms. The maximum absolute atomic E-state index is 12.9. The summed E-state index contributed by atoms with van der Waals surface area (Å²) in [6.45, 7) is 0.491. The Kier molecular flexibility index (Phi) is 6.53.